The van der Waals surface area contributed by atoms with Crippen LogP contribution in [0, 0.1) is 22.7 Å². The van der Waals surface area contributed by atoms with Crippen molar-refractivity contribution in [2.75, 3.05) is 7.11 Å². The highest BCUT2D eigenvalue weighted by Crippen LogP contribution is 2.31. The van der Waals surface area contributed by atoms with Crippen LogP contribution < -0.4 is 0 Å². The summed E-state index contributed by atoms with van der Waals surface area (Å²) in [5.41, 5.74) is -0.190. The maximum absolute atomic E-state index is 8.74. The summed E-state index contributed by atoms with van der Waals surface area (Å²) < 4.78 is 0. The van der Waals surface area contributed by atoms with Gasteiger partial charge in [0.15, 0.2) is 0 Å². The van der Waals surface area contributed by atoms with Gasteiger partial charge in [-0.15, -0.1) is 0 Å². The summed E-state index contributed by atoms with van der Waals surface area (Å²) >= 11 is 0. The molecule has 0 radical (unpaired) electrons. The number of nitriles is 1. The lowest BCUT2D eigenvalue weighted by Crippen LogP contribution is -2.34. The van der Waals surface area contributed by atoms with Gasteiger partial charge >= 0.3 is 0 Å². The van der Waals surface area contributed by atoms with E-state index in [-0.39, 0.29) is 17.4 Å². The third-order valence-corrected chi connectivity index (χ3v) is 2.60. The summed E-state index contributed by atoms with van der Waals surface area (Å²) in [4.78, 5) is 9.55. The average molecular weight is 171 g/mol. The van der Waals surface area contributed by atoms with Crippen molar-refractivity contribution in [3.8, 4) is 6.07 Å². The van der Waals surface area contributed by atoms with Gasteiger partial charge in [-0.1, -0.05) is 13.8 Å². The Balaban J connectivity index is 4.29. The fourth-order valence-electron chi connectivity index (χ4n) is 0.787. The van der Waals surface area contributed by atoms with Gasteiger partial charge in [-0.2, -0.15) is 5.26 Å². The summed E-state index contributed by atoms with van der Waals surface area (Å²) in [5, 5.41) is 8.74. The molecule has 0 aliphatic carbocycles. The molecular formula is C9H17NO2. The molecule has 0 saturated carbocycles. The lowest BCUT2D eigenvalue weighted by molar-refractivity contribution is -0.322. The fourth-order valence-corrected chi connectivity index (χ4v) is 0.787. The summed E-state index contributed by atoms with van der Waals surface area (Å²) in [6.45, 7) is 7.77. The Hall–Kier alpha value is -0.590. The maximum Gasteiger partial charge on any atom is 0.0964 e. The minimum absolute atomic E-state index is 0.0531. The van der Waals surface area contributed by atoms with E-state index in [1.807, 2.05) is 27.7 Å². The lowest BCUT2D eigenvalue weighted by Gasteiger charge is -2.32. The zero-order valence-electron chi connectivity index (χ0n) is 8.42. The van der Waals surface area contributed by atoms with Gasteiger partial charge < -0.3 is 0 Å². The van der Waals surface area contributed by atoms with E-state index in [4.69, 9.17) is 10.1 Å². The van der Waals surface area contributed by atoms with Crippen molar-refractivity contribution >= 4 is 0 Å². The predicted molar refractivity (Wildman–Crippen MR) is 46.1 cm³/mol. The van der Waals surface area contributed by atoms with Gasteiger partial charge in [0.25, 0.3) is 0 Å². The summed E-state index contributed by atoms with van der Waals surface area (Å²) in [6, 6.07) is 2.21. The molecule has 0 saturated heterocycles. The van der Waals surface area contributed by atoms with Crippen molar-refractivity contribution in [1.29, 1.82) is 5.26 Å². The predicted octanol–water partition coefficient (Wildman–Crippen LogP) is 2.14. The average Bonchev–Trinajstić information content (AvgIpc) is 2.03. The quantitative estimate of drug-likeness (QED) is 0.480. The highest BCUT2D eigenvalue weighted by atomic mass is 17.2. The van der Waals surface area contributed by atoms with Crippen molar-refractivity contribution in [1.82, 2.24) is 0 Å². The van der Waals surface area contributed by atoms with Crippen LogP contribution in [0.4, 0.5) is 0 Å². The van der Waals surface area contributed by atoms with Crippen LogP contribution in [-0.2, 0) is 9.78 Å². The molecule has 0 aromatic heterocycles. The Morgan fingerprint density at radius 1 is 1.33 bits per heavy atom. The van der Waals surface area contributed by atoms with E-state index in [9.17, 15) is 0 Å². The third kappa shape index (κ3) is 2.47. The molecular weight excluding hydrogens is 154 g/mol. The van der Waals surface area contributed by atoms with Crippen LogP contribution in [0.25, 0.3) is 0 Å². The van der Waals surface area contributed by atoms with E-state index in [1.165, 1.54) is 7.11 Å². The van der Waals surface area contributed by atoms with E-state index in [0.29, 0.717) is 0 Å². The molecule has 0 spiro atoms. The highest BCUT2D eigenvalue weighted by molar-refractivity contribution is 4.93. The van der Waals surface area contributed by atoms with E-state index in [0.717, 1.165) is 0 Å². The molecule has 0 bridgehead atoms. The van der Waals surface area contributed by atoms with Crippen LogP contribution in [0.15, 0.2) is 0 Å². The molecule has 3 nitrogen and oxygen atoms in total. The van der Waals surface area contributed by atoms with Gasteiger partial charge in [0.1, 0.15) is 0 Å². The van der Waals surface area contributed by atoms with E-state index >= 15 is 0 Å². The molecule has 0 aromatic rings. The molecule has 0 aliphatic rings. The SMILES string of the molecule is COOC(C)C(C)(C)C(C)C#N. The third-order valence-electron chi connectivity index (χ3n) is 2.60. The van der Waals surface area contributed by atoms with Crippen molar-refractivity contribution in [2.24, 2.45) is 11.3 Å². The second-order valence-corrected chi connectivity index (χ2v) is 3.58. The molecule has 0 heterocycles. The zero-order valence-corrected chi connectivity index (χ0v) is 8.42. The van der Waals surface area contributed by atoms with Gasteiger partial charge in [-0.05, 0) is 13.8 Å². The first-order valence-electron chi connectivity index (χ1n) is 4.05. The first-order valence-corrected chi connectivity index (χ1v) is 4.05. The molecule has 12 heavy (non-hydrogen) atoms. The molecule has 70 valence electrons. The summed E-state index contributed by atoms with van der Waals surface area (Å²) in [7, 11) is 1.48. The molecule has 0 amide bonds. The molecule has 0 aromatic carbocycles. The van der Waals surface area contributed by atoms with Gasteiger partial charge in [-0.3, -0.25) is 0 Å². The molecule has 2 atom stereocenters. The molecule has 3 heteroatoms. The lowest BCUT2D eigenvalue weighted by atomic mass is 9.77. The van der Waals surface area contributed by atoms with Gasteiger partial charge in [0.05, 0.1) is 25.2 Å². The highest BCUT2D eigenvalue weighted by Gasteiger charge is 2.33. The number of hydrogen-bond acceptors (Lipinski definition) is 3. The number of nitrogens with zero attached hydrogens (tertiary/aromatic N) is 1. The summed E-state index contributed by atoms with van der Waals surface area (Å²) in [5.74, 6) is -0.0531. The Labute approximate surface area is 74.2 Å². The van der Waals surface area contributed by atoms with E-state index in [1.54, 1.807) is 0 Å². The molecule has 0 N–H and O–H groups in total. The molecule has 0 rings (SSSR count). The van der Waals surface area contributed by atoms with Crippen molar-refractivity contribution in [2.45, 2.75) is 33.8 Å². The van der Waals surface area contributed by atoms with Crippen LogP contribution in [0.1, 0.15) is 27.7 Å². The van der Waals surface area contributed by atoms with Gasteiger partial charge in [0, 0.05) is 5.41 Å². The first-order chi connectivity index (χ1) is 5.46. The van der Waals surface area contributed by atoms with Gasteiger partial charge in [0.2, 0.25) is 0 Å². The Kier molecular flexibility index (Phi) is 4.22. The van der Waals surface area contributed by atoms with Crippen LogP contribution in [0.3, 0.4) is 0 Å². The van der Waals surface area contributed by atoms with Crippen molar-refractivity contribution in [3.63, 3.8) is 0 Å². The minimum atomic E-state index is -0.190. The Morgan fingerprint density at radius 3 is 2.17 bits per heavy atom. The van der Waals surface area contributed by atoms with E-state index in [2.05, 4.69) is 11.0 Å². The second-order valence-electron chi connectivity index (χ2n) is 3.58. The minimum Gasteiger partial charge on any atom is -0.240 e. The maximum atomic E-state index is 8.74. The molecule has 0 aliphatic heterocycles. The zero-order chi connectivity index (χ0) is 9.78. The van der Waals surface area contributed by atoms with Crippen LogP contribution >= 0.6 is 0 Å². The van der Waals surface area contributed by atoms with E-state index < -0.39 is 0 Å². The monoisotopic (exact) mass is 171 g/mol. The molecule has 0 fully saturated rings. The first kappa shape index (κ1) is 11.4. The smallest absolute Gasteiger partial charge is 0.0964 e. The Bertz CT molecular complexity index is 172. The number of hydrogen-bond donors (Lipinski definition) is 0. The normalized spacial score (nSPS) is 16.7. The second kappa shape index (κ2) is 4.44. The summed E-state index contributed by atoms with van der Waals surface area (Å²) in [6.07, 6.45) is -0.0860. The topological polar surface area (TPSA) is 42.2 Å². The van der Waals surface area contributed by atoms with Crippen molar-refractivity contribution in [3.05, 3.63) is 0 Å². The largest absolute Gasteiger partial charge is 0.240 e. The standard InChI is InChI=1S/C9H17NO2/c1-7(6-10)9(3,4)8(2)12-11-5/h7-8H,1-5H3. The van der Waals surface area contributed by atoms with Gasteiger partial charge in [-0.25, -0.2) is 9.78 Å². The fraction of sp³-hybridized carbons (Fsp3) is 0.889. The van der Waals surface area contributed by atoms with Crippen LogP contribution in [0.2, 0.25) is 0 Å². The van der Waals surface area contributed by atoms with Crippen LogP contribution in [0.5, 0.6) is 0 Å². The van der Waals surface area contributed by atoms with Crippen molar-refractivity contribution < 1.29 is 9.78 Å². The Morgan fingerprint density at radius 2 is 1.83 bits per heavy atom. The molecule has 2 unspecified atom stereocenters. The van der Waals surface area contributed by atoms with Crippen LogP contribution in [-0.4, -0.2) is 13.2 Å². The number of rotatable bonds is 4.